The van der Waals surface area contributed by atoms with Gasteiger partial charge in [-0.2, -0.15) is 0 Å². The Hall–Kier alpha value is -1.81. The Kier molecular flexibility index (Phi) is 2.87. The van der Waals surface area contributed by atoms with Crippen molar-refractivity contribution in [1.29, 1.82) is 0 Å². The summed E-state index contributed by atoms with van der Waals surface area (Å²) in [6.45, 7) is 6.07. The van der Waals surface area contributed by atoms with Gasteiger partial charge in [0.25, 0.3) is 0 Å². The highest BCUT2D eigenvalue weighted by molar-refractivity contribution is 7.92. The number of aryl methyl sites for hydroxylation is 1. The van der Waals surface area contributed by atoms with E-state index < -0.39 is 9.84 Å². The van der Waals surface area contributed by atoms with Crippen LogP contribution in [0.2, 0.25) is 0 Å². The van der Waals surface area contributed by atoms with Gasteiger partial charge in [0, 0.05) is 0 Å². The molecule has 0 bridgehead atoms. The van der Waals surface area contributed by atoms with Crippen LogP contribution in [-0.4, -0.2) is 8.42 Å². The highest BCUT2D eigenvalue weighted by Gasteiger charge is 2.29. The SMILES string of the molecule is Cc1ccc2c(c1)Nc1ccc(C(C)C)cc1S2(=O)=O. The third-order valence-electron chi connectivity index (χ3n) is 3.66. The standard InChI is InChI=1S/C16H17NO2S/c1-10(2)12-5-6-13-16(9-12)20(18,19)15-7-4-11(3)8-14(15)17-13/h4-10,17H,1-3H3. The van der Waals surface area contributed by atoms with Gasteiger partial charge in [0.1, 0.15) is 0 Å². The number of sulfone groups is 1. The fourth-order valence-corrected chi connectivity index (χ4v) is 4.05. The summed E-state index contributed by atoms with van der Waals surface area (Å²) in [5.74, 6) is 0.301. The summed E-state index contributed by atoms with van der Waals surface area (Å²) in [6.07, 6.45) is 0. The zero-order valence-corrected chi connectivity index (χ0v) is 12.6. The predicted molar refractivity (Wildman–Crippen MR) is 80.4 cm³/mol. The smallest absolute Gasteiger partial charge is 0.210 e. The molecule has 0 radical (unpaired) electrons. The first kappa shape index (κ1) is 13.2. The van der Waals surface area contributed by atoms with Gasteiger partial charge in [-0.15, -0.1) is 0 Å². The van der Waals surface area contributed by atoms with Crippen LogP contribution in [0.3, 0.4) is 0 Å². The van der Waals surface area contributed by atoms with Crippen molar-refractivity contribution >= 4 is 21.2 Å². The van der Waals surface area contributed by atoms with E-state index in [9.17, 15) is 8.42 Å². The third kappa shape index (κ3) is 1.91. The summed E-state index contributed by atoms with van der Waals surface area (Å²) in [7, 11) is -3.44. The van der Waals surface area contributed by atoms with Crippen LogP contribution in [0.1, 0.15) is 30.9 Å². The van der Waals surface area contributed by atoms with Crippen molar-refractivity contribution in [3.05, 3.63) is 47.5 Å². The Morgan fingerprint density at radius 2 is 1.70 bits per heavy atom. The fourth-order valence-electron chi connectivity index (χ4n) is 2.46. The van der Waals surface area contributed by atoms with Crippen LogP contribution in [0.4, 0.5) is 11.4 Å². The lowest BCUT2D eigenvalue weighted by Gasteiger charge is -2.23. The zero-order valence-electron chi connectivity index (χ0n) is 11.8. The monoisotopic (exact) mass is 287 g/mol. The maximum Gasteiger partial charge on any atom is 0.210 e. The summed E-state index contributed by atoms with van der Waals surface area (Å²) >= 11 is 0. The molecule has 0 aromatic heterocycles. The summed E-state index contributed by atoms with van der Waals surface area (Å²) in [6, 6.07) is 11.0. The molecule has 3 nitrogen and oxygen atoms in total. The molecule has 1 aliphatic heterocycles. The van der Waals surface area contributed by atoms with Gasteiger partial charge >= 0.3 is 0 Å². The van der Waals surface area contributed by atoms with Crippen LogP contribution in [0, 0.1) is 6.92 Å². The van der Waals surface area contributed by atoms with E-state index in [1.807, 2.05) is 31.2 Å². The van der Waals surface area contributed by atoms with Crippen LogP contribution in [-0.2, 0) is 9.84 Å². The average Bonchev–Trinajstić information content (AvgIpc) is 2.37. The largest absolute Gasteiger partial charge is 0.353 e. The molecule has 0 saturated carbocycles. The van der Waals surface area contributed by atoms with E-state index in [1.165, 1.54) is 0 Å². The van der Waals surface area contributed by atoms with Crippen molar-refractivity contribution in [2.75, 3.05) is 5.32 Å². The van der Waals surface area contributed by atoms with Crippen molar-refractivity contribution in [2.24, 2.45) is 0 Å². The number of benzene rings is 2. The van der Waals surface area contributed by atoms with Gasteiger partial charge in [0.15, 0.2) is 0 Å². The molecule has 1 aliphatic rings. The van der Waals surface area contributed by atoms with Crippen LogP contribution < -0.4 is 5.32 Å². The fraction of sp³-hybridized carbons (Fsp3) is 0.250. The van der Waals surface area contributed by atoms with Crippen molar-refractivity contribution in [3.63, 3.8) is 0 Å². The summed E-state index contributed by atoms with van der Waals surface area (Å²) < 4.78 is 25.5. The number of nitrogens with one attached hydrogen (secondary N) is 1. The minimum absolute atomic E-state index is 0.301. The molecule has 0 saturated heterocycles. The van der Waals surface area contributed by atoms with Crippen LogP contribution in [0.5, 0.6) is 0 Å². The molecule has 1 heterocycles. The maximum atomic E-state index is 12.7. The molecular weight excluding hydrogens is 270 g/mol. The molecule has 0 aliphatic carbocycles. The molecule has 0 atom stereocenters. The molecule has 0 amide bonds. The second-order valence-electron chi connectivity index (χ2n) is 5.54. The van der Waals surface area contributed by atoms with Gasteiger partial charge in [-0.3, -0.25) is 0 Å². The van der Waals surface area contributed by atoms with Crippen LogP contribution >= 0.6 is 0 Å². The van der Waals surface area contributed by atoms with Gasteiger partial charge < -0.3 is 5.32 Å². The third-order valence-corrected chi connectivity index (χ3v) is 5.51. The van der Waals surface area contributed by atoms with Gasteiger partial charge in [-0.05, 0) is 48.2 Å². The van der Waals surface area contributed by atoms with Gasteiger partial charge in [0.2, 0.25) is 9.84 Å². The van der Waals surface area contributed by atoms with Crippen molar-refractivity contribution in [3.8, 4) is 0 Å². The van der Waals surface area contributed by atoms with E-state index in [4.69, 9.17) is 0 Å². The highest BCUT2D eigenvalue weighted by Crippen LogP contribution is 2.40. The lowest BCUT2D eigenvalue weighted by atomic mass is 10.0. The second kappa shape index (κ2) is 4.35. The Bertz CT molecular complexity index is 792. The Labute approximate surface area is 119 Å². The minimum atomic E-state index is -3.44. The second-order valence-corrected chi connectivity index (χ2v) is 7.42. The molecule has 1 N–H and O–H groups in total. The topological polar surface area (TPSA) is 46.2 Å². The van der Waals surface area contributed by atoms with E-state index in [0.29, 0.717) is 27.1 Å². The van der Waals surface area contributed by atoms with E-state index in [-0.39, 0.29) is 0 Å². The quantitative estimate of drug-likeness (QED) is 0.735. The van der Waals surface area contributed by atoms with Gasteiger partial charge in [-0.25, -0.2) is 8.42 Å². The predicted octanol–water partition coefficient (Wildman–Crippen LogP) is 4.01. The maximum absolute atomic E-state index is 12.7. The molecule has 20 heavy (non-hydrogen) atoms. The first-order chi connectivity index (χ1) is 9.39. The number of fused-ring (bicyclic) bond motifs is 2. The molecular formula is C16H17NO2S. The zero-order chi connectivity index (χ0) is 14.5. The molecule has 0 spiro atoms. The number of anilines is 2. The van der Waals surface area contributed by atoms with Crippen LogP contribution in [0.25, 0.3) is 0 Å². The number of rotatable bonds is 1. The highest BCUT2D eigenvalue weighted by atomic mass is 32.2. The Morgan fingerprint density at radius 3 is 2.40 bits per heavy atom. The van der Waals surface area contributed by atoms with E-state index in [1.54, 1.807) is 12.1 Å². The number of hydrogen-bond acceptors (Lipinski definition) is 3. The van der Waals surface area contributed by atoms with Gasteiger partial charge in [-0.1, -0.05) is 26.0 Å². The van der Waals surface area contributed by atoms with E-state index in [2.05, 4.69) is 19.2 Å². The molecule has 3 rings (SSSR count). The average molecular weight is 287 g/mol. The summed E-state index contributed by atoms with van der Waals surface area (Å²) in [4.78, 5) is 0.733. The van der Waals surface area contributed by atoms with Gasteiger partial charge in [0.05, 0.1) is 21.2 Å². The van der Waals surface area contributed by atoms with Crippen molar-refractivity contribution < 1.29 is 8.42 Å². The molecule has 104 valence electrons. The molecule has 2 aromatic rings. The first-order valence-electron chi connectivity index (χ1n) is 6.66. The summed E-state index contributed by atoms with van der Waals surface area (Å²) in [5.41, 5.74) is 3.39. The molecule has 0 fully saturated rings. The summed E-state index contributed by atoms with van der Waals surface area (Å²) in [5, 5.41) is 3.22. The van der Waals surface area contributed by atoms with Crippen LogP contribution in [0.15, 0.2) is 46.2 Å². The van der Waals surface area contributed by atoms with E-state index in [0.717, 1.165) is 11.1 Å². The molecule has 2 aromatic carbocycles. The van der Waals surface area contributed by atoms with E-state index >= 15 is 0 Å². The number of hydrogen-bond donors (Lipinski definition) is 1. The lowest BCUT2D eigenvalue weighted by molar-refractivity contribution is 0.595. The first-order valence-corrected chi connectivity index (χ1v) is 8.14. The lowest BCUT2D eigenvalue weighted by Crippen LogP contribution is -2.14. The minimum Gasteiger partial charge on any atom is -0.353 e. The Morgan fingerprint density at radius 1 is 0.950 bits per heavy atom. The normalized spacial score (nSPS) is 15.4. The van der Waals surface area contributed by atoms with Crippen molar-refractivity contribution in [1.82, 2.24) is 0 Å². The Balaban J connectivity index is 2.25. The van der Waals surface area contributed by atoms with Crippen molar-refractivity contribution in [2.45, 2.75) is 36.5 Å². The molecule has 4 heteroatoms. The molecule has 0 unspecified atom stereocenters.